The summed E-state index contributed by atoms with van der Waals surface area (Å²) in [6.07, 6.45) is 0.836. The first kappa shape index (κ1) is 23.3. The Morgan fingerprint density at radius 2 is 1.79 bits per heavy atom. The van der Waals surface area contributed by atoms with Crippen LogP contribution in [0.3, 0.4) is 0 Å². The molecule has 0 fully saturated rings. The lowest BCUT2D eigenvalue weighted by molar-refractivity contribution is 0.0555. The molecule has 4 rings (SSSR count). The average molecular weight is 456 g/mol. The number of aromatic nitrogens is 6. The van der Waals surface area contributed by atoms with Crippen LogP contribution in [0.15, 0.2) is 48.5 Å². The second-order valence-corrected chi connectivity index (χ2v) is 9.47. The van der Waals surface area contributed by atoms with Crippen molar-refractivity contribution >= 4 is 0 Å². The molecule has 2 aromatic carbocycles. The molecular weight excluding hydrogens is 426 g/mol. The number of H-pyrrole nitrogens is 1. The minimum atomic E-state index is -0.804. The fourth-order valence-electron chi connectivity index (χ4n) is 4.06. The number of aliphatic hydroxyl groups excluding tert-OH is 1. The van der Waals surface area contributed by atoms with E-state index in [1.807, 2.05) is 49.6 Å². The van der Waals surface area contributed by atoms with Gasteiger partial charge in [-0.25, -0.2) is 10.1 Å². The summed E-state index contributed by atoms with van der Waals surface area (Å²) in [5, 5.41) is 35.1. The molecule has 0 amide bonds. The van der Waals surface area contributed by atoms with E-state index in [-0.39, 0.29) is 0 Å². The lowest BCUT2D eigenvalue weighted by atomic mass is 9.86. The Kier molecular flexibility index (Phi) is 6.57. The number of tetrazole rings is 1. The van der Waals surface area contributed by atoms with E-state index >= 15 is 0 Å². The van der Waals surface area contributed by atoms with Crippen molar-refractivity contribution in [3.8, 4) is 28.6 Å². The molecule has 0 bridgehead atoms. The number of benzene rings is 2. The Labute approximate surface area is 199 Å². The van der Waals surface area contributed by atoms with E-state index in [1.54, 1.807) is 0 Å². The number of rotatable bonds is 7. The van der Waals surface area contributed by atoms with Gasteiger partial charge in [-0.05, 0) is 39.0 Å². The molecule has 1 atom stereocenters. The Morgan fingerprint density at radius 1 is 1.09 bits per heavy atom. The van der Waals surface area contributed by atoms with Gasteiger partial charge in [-0.15, -0.1) is 5.10 Å². The smallest absolute Gasteiger partial charge is 0.180 e. The van der Waals surface area contributed by atoms with Gasteiger partial charge in [0.05, 0.1) is 5.69 Å². The van der Waals surface area contributed by atoms with Crippen molar-refractivity contribution in [1.29, 1.82) is 5.26 Å². The summed E-state index contributed by atoms with van der Waals surface area (Å²) in [6.45, 7) is 8.51. The van der Waals surface area contributed by atoms with E-state index in [0.717, 1.165) is 40.9 Å². The summed E-state index contributed by atoms with van der Waals surface area (Å²) >= 11 is 0. The highest BCUT2D eigenvalue weighted by molar-refractivity contribution is 5.80. The number of nitriles is 1. The molecule has 2 heterocycles. The van der Waals surface area contributed by atoms with E-state index in [1.165, 1.54) is 0 Å². The molecule has 174 valence electrons. The van der Waals surface area contributed by atoms with Gasteiger partial charge in [0, 0.05) is 18.5 Å². The van der Waals surface area contributed by atoms with Gasteiger partial charge in [0.1, 0.15) is 18.0 Å². The van der Waals surface area contributed by atoms with Crippen molar-refractivity contribution in [3.05, 3.63) is 71.3 Å². The number of aliphatic hydroxyl groups is 1. The maximum Gasteiger partial charge on any atom is 0.180 e. The van der Waals surface area contributed by atoms with Gasteiger partial charge in [0.2, 0.25) is 0 Å². The van der Waals surface area contributed by atoms with Crippen molar-refractivity contribution in [3.63, 3.8) is 0 Å². The number of hydrogen-bond donors (Lipinski definition) is 2. The maximum atomic E-state index is 11.1. The van der Waals surface area contributed by atoms with Crippen LogP contribution >= 0.6 is 0 Å². The monoisotopic (exact) mass is 455 g/mol. The van der Waals surface area contributed by atoms with Gasteiger partial charge < -0.3 is 9.67 Å². The van der Waals surface area contributed by atoms with Crippen molar-refractivity contribution in [1.82, 2.24) is 30.2 Å². The SMILES string of the molecule is CCCc1nc(C#N)c(C(O)C(C)(C)C)n1Cc1ccc(-c2ccccc2-c2nnn[nH]2)cc1. The second kappa shape index (κ2) is 9.57. The number of nitrogens with one attached hydrogen (secondary N) is 1. The summed E-state index contributed by atoms with van der Waals surface area (Å²) in [6, 6.07) is 18.4. The molecule has 0 aliphatic carbocycles. The third kappa shape index (κ3) is 4.61. The first-order valence-corrected chi connectivity index (χ1v) is 11.4. The summed E-state index contributed by atoms with van der Waals surface area (Å²) in [7, 11) is 0. The summed E-state index contributed by atoms with van der Waals surface area (Å²) in [4.78, 5) is 4.57. The molecule has 0 spiro atoms. The number of aryl methyl sites for hydroxylation is 1. The standard InChI is InChI=1S/C26H29N7O/c1-5-8-22-28-21(15-27)23(24(34)26(2,3)4)33(22)16-17-11-13-18(14-12-17)19-9-6-7-10-20(19)25-29-31-32-30-25/h6-7,9-14,24,34H,5,8,16H2,1-4H3,(H,29,30,31,32). The van der Waals surface area contributed by atoms with E-state index in [4.69, 9.17) is 0 Å². The van der Waals surface area contributed by atoms with Crippen molar-refractivity contribution < 1.29 is 5.11 Å². The molecule has 0 aliphatic heterocycles. The highest BCUT2D eigenvalue weighted by Crippen LogP contribution is 2.36. The zero-order valence-corrected chi connectivity index (χ0v) is 19.9. The largest absolute Gasteiger partial charge is 0.386 e. The second-order valence-electron chi connectivity index (χ2n) is 9.47. The van der Waals surface area contributed by atoms with E-state index in [0.29, 0.717) is 23.8 Å². The number of imidazole rings is 1. The van der Waals surface area contributed by atoms with Crippen LogP contribution in [0.4, 0.5) is 0 Å². The van der Waals surface area contributed by atoms with Gasteiger partial charge in [0.15, 0.2) is 11.5 Å². The molecule has 8 nitrogen and oxygen atoms in total. The highest BCUT2D eigenvalue weighted by Gasteiger charge is 2.31. The fourth-order valence-corrected chi connectivity index (χ4v) is 4.06. The van der Waals surface area contributed by atoms with E-state index in [2.05, 4.69) is 62.9 Å². The van der Waals surface area contributed by atoms with Gasteiger partial charge in [-0.3, -0.25) is 0 Å². The first-order valence-electron chi connectivity index (χ1n) is 11.4. The maximum absolute atomic E-state index is 11.1. The lowest BCUT2D eigenvalue weighted by Gasteiger charge is -2.27. The zero-order chi connectivity index (χ0) is 24.3. The minimum Gasteiger partial charge on any atom is -0.386 e. The van der Waals surface area contributed by atoms with Gasteiger partial charge in [-0.2, -0.15) is 5.26 Å². The first-order chi connectivity index (χ1) is 16.3. The van der Waals surface area contributed by atoms with Crippen LogP contribution in [0.5, 0.6) is 0 Å². The van der Waals surface area contributed by atoms with Crippen LogP contribution in [-0.4, -0.2) is 35.3 Å². The fraction of sp³-hybridized carbons (Fsp3) is 0.346. The topological polar surface area (TPSA) is 116 Å². The van der Waals surface area contributed by atoms with Crippen LogP contribution in [0.1, 0.15) is 63.0 Å². The Bertz CT molecular complexity index is 1290. The van der Waals surface area contributed by atoms with Gasteiger partial charge in [-0.1, -0.05) is 76.2 Å². The predicted molar refractivity (Wildman–Crippen MR) is 130 cm³/mol. The number of aromatic amines is 1. The molecule has 0 aliphatic rings. The van der Waals surface area contributed by atoms with Gasteiger partial charge >= 0.3 is 0 Å². The molecule has 0 radical (unpaired) electrons. The van der Waals surface area contributed by atoms with Crippen molar-refractivity contribution in [2.24, 2.45) is 5.41 Å². The molecule has 1 unspecified atom stereocenters. The zero-order valence-electron chi connectivity index (χ0n) is 19.9. The molecule has 34 heavy (non-hydrogen) atoms. The number of nitrogens with zero attached hydrogens (tertiary/aromatic N) is 6. The van der Waals surface area contributed by atoms with Gasteiger partial charge in [0.25, 0.3) is 0 Å². The molecule has 0 saturated carbocycles. The molecular formula is C26H29N7O. The number of hydrogen-bond acceptors (Lipinski definition) is 6. The quantitative estimate of drug-likeness (QED) is 0.418. The summed E-state index contributed by atoms with van der Waals surface area (Å²) in [5.41, 5.74) is 4.53. The lowest BCUT2D eigenvalue weighted by Crippen LogP contribution is -2.23. The summed E-state index contributed by atoms with van der Waals surface area (Å²) < 4.78 is 2.01. The molecule has 2 N–H and O–H groups in total. The normalized spacial score (nSPS) is 12.5. The van der Waals surface area contributed by atoms with Crippen LogP contribution in [0.25, 0.3) is 22.5 Å². The predicted octanol–water partition coefficient (Wildman–Crippen LogP) is 4.68. The molecule has 2 aromatic heterocycles. The molecule has 0 saturated heterocycles. The average Bonchev–Trinajstić information content (AvgIpc) is 3.47. The summed E-state index contributed by atoms with van der Waals surface area (Å²) in [5.74, 6) is 1.44. The van der Waals surface area contributed by atoms with Crippen LogP contribution in [0, 0.1) is 16.7 Å². The molecule has 4 aromatic rings. The highest BCUT2D eigenvalue weighted by atomic mass is 16.3. The van der Waals surface area contributed by atoms with Crippen LogP contribution in [0.2, 0.25) is 0 Å². The Balaban J connectivity index is 1.70. The third-order valence-electron chi connectivity index (χ3n) is 5.88. The third-order valence-corrected chi connectivity index (χ3v) is 5.88. The Morgan fingerprint density at radius 3 is 2.38 bits per heavy atom. The van der Waals surface area contributed by atoms with Crippen molar-refractivity contribution in [2.75, 3.05) is 0 Å². The molecule has 8 heteroatoms. The van der Waals surface area contributed by atoms with Crippen molar-refractivity contribution in [2.45, 2.75) is 53.2 Å². The minimum absolute atomic E-state index is 0.303. The van der Waals surface area contributed by atoms with E-state index in [9.17, 15) is 10.4 Å². The van der Waals surface area contributed by atoms with E-state index < -0.39 is 11.5 Å². The van der Waals surface area contributed by atoms with Crippen LogP contribution in [-0.2, 0) is 13.0 Å². The van der Waals surface area contributed by atoms with Crippen LogP contribution < -0.4 is 0 Å². The Hall–Kier alpha value is -3.83.